The van der Waals surface area contributed by atoms with Gasteiger partial charge in [-0.2, -0.15) is 10.5 Å². The maximum atomic E-state index is 11.6. The smallest absolute Gasteiger partial charge is 0.340 e. The fourth-order valence-electron chi connectivity index (χ4n) is 1.58. The number of nitrogens with two attached hydrogens (primary N) is 1. The summed E-state index contributed by atoms with van der Waals surface area (Å²) >= 11 is 0. The number of imidazole rings is 1. The van der Waals surface area contributed by atoms with Crippen molar-refractivity contribution in [3.63, 3.8) is 0 Å². The van der Waals surface area contributed by atoms with E-state index in [2.05, 4.69) is 14.7 Å². The van der Waals surface area contributed by atoms with E-state index in [0.717, 1.165) is 0 Å². The average Bonchev–Trinajstić information content (AvgIpc) is 2.89. The zero-order chi connectivity index (χ0) is 14.7. The molecule has 2 heterocycles. The summed E-state index contributed by atoms with van der Waals surface area (Å²) in [5.74, 6) is -0.379. The third-order valence-corrected chi connectivity index (χ3v) is 2.55. The van der Waals surface area contributed by atoms with Crippen LogP contribution < -0.4 is 5.73 Å². The summed E-state index contributed by atoms with van der Waals surface area (Å²) in [5, 5.41) is 17.9. The summed E-state index contributed by atoms with van der Waals surface area (Å²) in [6.07, 6.45) is 2.55. The number of carbonyl (C=O) groups is 1. The number of carbonyl (C=O) groups excluding carboxylic acids is 1. The number of anilines is 1. The van der Waals surface area contributed by atoms with E-state index in [0.29, 0.717) is 0 Å². The molecule has 2 aromatic heterocycles. The second kappa shape index (κ2) is 5.08. The van der Waals surface area contributed by atoms with Crippen LogP contribution in [0.4, 0.5) is 5.69 Å². The molecular weight excluding hydrogens is 260 g/mol. The number of nitriles is 2. The highest BCUT2D eigenvalue weighted by Crippen LogP contribution is 2.18. The number of nitrogen functional groups attached to an aromatic ring is 1. The Labute approximate surface area is 113 Å². The first kappa shape index (κ1) is 13.1. The van der Waals surface area contributed by atoms with E-state index in [1.54, 1.807) is 6.07 Å². The van der Waals surface area contributed by atoms with Crippen molar-refractivity contribution in [1.82, 2.24) is 14.5 Å². The van der Waals surface area contributed by atoms with Gasteiger partial charge < -0.3 is 10.5 Å². The minimum atomic E-state index is -0.620. The lowest BCUT2D eigenvalue weighted by molar-refractivity contribution is 0.0602. The number of rotatable bonds is 2. The molecule has 0 saturated heterocycles. The molecule has 0 unspecified atom stereocenters. The summed E-state index contributed by atoms with van der Waals surface area (Å²) < 4.78 is 5.90. The Morgan fingerprint density at radius 1 is 1.40 bits per heavy atom. The standard InChI is InChI=1S/C12H8N6O2/c1-20-12(19)7-2-11(16-5-8(7)15)18-6-17-9(3-13)10(18)4-14/h2,5-6H,15H2,1H3. The Morgan fingerprint density at radius 2 is 2.15 bits per heavy atom. The normalized spacial score (nSPS) is 9.55. The summed E-state index contributed by atoms with van der Waals surface area (Å²) in [4.78, 5) is 19.4. The number of ether oxygens (including phenoxy) is 1. The van der Waals surface area contributed by atoms with Crippen LogP contribution in [0.15, 0.2) is 18.6 Å². The van der Waals surface area contributed by atoms with Crippen LogP contribution in [-0.2, 0) is 4.74 Å². The number of esters is 1. The molecule has 0 atom stereocenters. The molecule has 0 fully saturated rings. The Balaban J connectivity index is 2.61. The quantitative estimate of drug-likeness (QED) is 0.778. The maximum Gasteiger partial charge on any atom is 0.340 e. The van der Waals surface area contributed by atoms with Crippen LogP contribution in [0.1, 0.15) is 21.7 Å². The van der Waals surface area contributed by atoms with Crippen LogP contribution in [-0.4, -0.2) is 27.6 Å². The predicted octanol–water partition coefficient (Wildman–Crippen LogP) is 0.379. The lowest BCUT2D eigenvalue weighted by atomic mass is 10.2. The van der Waals surface area contributed by atoms with Crippen molar-refractivity contribution in [2.24, 2.45) is 0 Å². The number of methoxy groups -OCH3 is 1. The van der Waals surface area contributed by atoms with Crippen molar-refractivity contribution in [2.75, 3.05) is 12.8 Å². The molecule has 0 aliphatic heterocycles. The van der Waals surface area contributed by atoms with Gasteiger partial charge in [0.25, 0.3) is 0 Å². The lowest BCUT2D eigenvalue weighted by Gasteiger charge is -2.07. The molecule has 0 amide bonds. The lowest BCUT2D eigenvalue weighted by Crippen LogP contribution is -2.09. The number of nitrogens with zero attached hydrogens (tertiary/aromatic N) is 5. The van der Waals surface area contributed by atoms with Crippen molar-refractivity contribution in [3.8, 4) is 18.0 Å². The number of pyridine rings is 1. The van der Waals surface area contributed by atoms with Crippen molar-refractivity contribution in [1.29, 1.82) is 10.5 Å². The van der Waals surface area contributed by atoms with Crippen LogP contribution in [0.25, 0.3) is 5.82 Å². The molecule has 8 heteroatoms. The summed E-state index contributed by atoms with van der Waals surface area (Å²) in [6, 6.07) is 5.03. The van der Waals surface area contributed by atoms with Gasteiger partial charge in [0.1, 0.15) is 24.3 Å². The third kappa shape index (κ3) is 2.02. The Morgan fingerprint density at radius 3 is 2.75 bits per heavy atom. The molecule has 0 aliphatic rings. The van der Waals surface area contributed by atoms with E-state index in [1.165, 1.54) is 30.3 Å². The van der Waals surface area contributed by atoms with Gasteiger partial charge in [-0.05, 0) is 6.07 Å². The van der Waals surface area contributed by atoms with Crippen LogP contribution in [0.2, 0.25) is 0 Å². The van der Waals surface area contributed by atoms with E-state index in [9.17, 15) is 4.79 Å². The molecule has 2 aromatic rings. The molecular formula is C12H8N6O2. The Hall–Kier alpha value is -3.39. The van der Waals surface area contributed by atoms with Gasteiger partial charge in [-0.15, -0.1) is 0 Å². The van der Waals surface area contributed by atoms with E-state index in [4.69, 9.17) is 16.3 Å². The van der Waals surface area contributed by atoms with Crippen LogP contribution >= 0.6 is 0 Å². The molecule has 0 bridgehead atoms. The topological polar surface area (TPSA) is 131 Å². The second-order valence-electron chi connectivity index (χ2n) is 3.66. The van der Waals surface area contributed by atoms with E-state index in [-0.39, 0.29) is 28.5 Å². The summed E-state index contributed by atoms with van der Waals surface area (Å²) in [6.45, 7) is 0. The predicted molar refractivity (Wildman–Crippen MR) is 66.5 cm³/mol. The van der Waals surface area contributed by atoms with Gasteiger partial charge in [0.15, 0.2) is 11.4 Å². The SMILES string of the molecule is COC(=O)c1cc(-n2cnc(C#N)c2C#N)ncc1N. The summed E-state index contributed by atoms with van der Waals surface area (Å²) in [7, 11) is 1.23. The van der Waals surface area contributed by atoms with Crippen LogP contribution in [0.5, 0.6) is 0 Å². The maximum absolute atomic E-state index is 11.6. The largest absolute Gasteiger partial charge is 0.465 e. The van der Waals surface area contributed by atoms with Crippen molar-refractivity contribution >= 4 is 11.7 Å². The highest BCUT2D eigenvalue weighted by atomic mass is 16.5. The molecule has 0 radical (unpaired) electrons. The minimum Gasteiger partial charge on any atom is -0.465 e. The first-order valence-corrected chi connectivity index (χ1v) is 5.34. The van der Waals surface area contributed by atoms with E-state index in [1.807, 2.05) is 6.07 Å². The van der Waals surface area contributed by atoms with Gasteiger partial charge in [0.2, 0.25) is 0 Å². The van der Waals surface area contributed by atoms with Crippen molar-refractivity contribution in [2.45, 2.75) is 0 Å². The van der Waals surface area contributed by atoms with E-state index < -0.39 is 5.97 Å². The highest BCUT2D eigenvalue weighted by molar-refractivity contribution is 5.95. The van der Waals surface area contributed by atoms with E-state index >= 15 is 0 Å². The number of hydrogen-bond acceptors (Lipinski definition) is 7. The fourth-order valence-corrected chi connectivity index (χ4v) is 1.58. The first-order chi connectivity index (χ1) is 9.62. The third-order valence-electron chi connectivity index (χ3n) is 2.55. The molecule has 98 valence electrons. The molecule has 2 rings (SSSR count). The molecule has 0 aliphatic carbocycles. The van der Waals surface area contributed by atoms with Crippen LogP contribution in [0, 0.1) is 22.7 Å². The molecule has 0 saturated carbocycles. The molecule has 2 N–H and O–H groups in total. The monoisotopic (exact) mass is 268 g/mol. The Bertz CT molecular complexity index is 765. The van der Waals surface area contributed by atoms with Gasteiger partial charge in [-0.3, -0.25) is 4.57 Å². The Kier molecular flexibility index (Phi) is 3.32. The van der Waals surface area contributed by atoms with Gasteiger partial charge in [-0.1, -0.05) is 0 Å². The average molecular weight is 268 g/mol. The highest BCUT2D eigenvalue weighted by Gasteiger charge is 2.16. The fraction of sp³-hybridized carbons (Fsp3) is 0.0833. The first-order valence-electron chi connectivity index (χ1n) is 5.34. The summed E-state index contributed by atoms with van der Waals surface area (Å²) in [5.41, 5.74) is 5.92. The van der Waals surface area contributed by atoms with Gasteiger partial charge in [0, 0.05) is 0 Å². The second-order valence-corrected chi connectivity index (χ2v) is 3.66. The molecule has 20 heavy (non-hydrogen) atoms. The van der Waals surface area contributed by atoms with Gasteiger partial charge in [0.05, 0.1) is 24.6 Å². The minimum absolute atomic E-state index is 0.0225. The molecule has 8 nitrogen and oxygen atoms in total. The van der Waals surface area contributed by atoms with Crippen LogP contribution in [0.3, 0.4) is 0 Å². The number of aromatic nitrogens is 3. The molecule has 0 aromatic carbocycles. The zero-order valence-corrected chi connectivity index (χ0v) is 10.4. The molecule has 0 spiro atoms. The van der Waals surface area contributed by atoms with Crippen molar-refractivity contribution < 1.29 is 9.53 Å². The van der Waals surface area contributed by atoms with Gasteiger partial charge in [-0.25, -0.2) is 14.8 Å². The number of hydrogen-bond donors (Lipinski definition) is 1. The van der Waals surface area contributed by atoms with Crippen molar-refractivity contribution in [3.05, 3.63) is 35.5 Å². The van der Waals surface area contributed by atoms with Gasteiger partial charge >= 0.3 is 5.97 Å². The zero-order valence-electron chi connectivity index (χ0n) is 10.4.